The molecule has 0 spiro atoms. The third-order valence-corrected chi connectivity index (χ3v) is 3.75. The van der Waals surface area contributed by atoms with Gasteiger partial charge in [-0.25, -0.2) is 0 Å². The molecule has 1 aromatic carbocycles. The number of carbonyl (C=O) groups excluding carboxylic acids is 2. The van der Waals surface area contributed by atoms with Gasteiger partial charge in [0.05, 0.1) is 0 Å². The van der Waals surface area contributed by atoms with Crippen molar-refractivity contribution in [2.75, 3.05) is 19.6 Å². The van der Waals surface area contributed by atoms with E-state index in [2.05, 4.69) is 5.32 Å². The molecule has 1 saturated heterocycles. The fourth-order valence-electron chi connectivity index (χ4n) is 2.59. The summed E-state index contributed by atoms with van der Waals surface area (Å²) >= 11 is 0. The second-order valence-electron chi connectivity index (χ2n) is 5.42. The van der Waals surface area contributed by atoms with Crippen molar-refractivity contribution in [2.24, 2.45) is 5.73 Å². The highest BCUT2D eigenvalue weighted by Crippen LogP contribution is 2.12. The first-order chi connectivity index (χ1) is 10.2. The summed E-state index contributed by atoms with van der Waals surface area (Å²) in [4.78, 5) is 25.5. The van der Waals surface area contributed by atoms with Crippen LogP contribution in [0.25, 0.3) is 0 Å². The average Bonchev–Trinajstić information content (AvgIpc) is 2.94. The van der Waals surface area contributed by atoms with E-state index in [1.54, 1.807) is 0 Å². The highest BCUT2D eigenvalue weighted by molar-refractivity contribution is 5.78. The lowest BCUT2D eigenvalue weighted by atomic mass is 10.1. The number of hydrogen-bond donors (Lipinski definition) is 2. The number of nitrogens with zero attached hydrogens (tertiary/aromatic N) is 1. The predicted molar refractivity (Wildman–Crippen MR) is 81.6 cm³/mol. The highest BCUT2D eigenvalue weighted by Gasteiger charge is 2.26. The van der Waals surface area contributed by atoms with Crippen molar-refractivity contribution in [2.45, 2.75) is 31.7 Å². The molecule has 5 nitrogen and oxygen atoms in total. The molecule has 0 aliphatic carbocycles. The quantitative estimate of drug-likeness (QED) is 0.809. The van der Waals surface area contributed by atoms with Gasteiger partial charge in [-0.15, -0.1) is 0 Å². The first-order valence-electron chi connectivity index (χ1n) is 7.50. The number of carbonyl (C=O) groups is 2. The molecule has 1 atom stereocenters. The maximum atomic E-state index is 12.2. The first kappa shape index (κ1) is 15.5. The Hall–Kier alpha value is -1.88. The number of nitrogens with two attached hydrogens (primary N) is 1. The minimum Gasteiger partial charge on any atom is -0.351 e. The maximum absolute atomic E-state index is 12.2. The van der Waals surface area contributed by atoms with Crippen LogP contribution in [0, 0.1) is 0 Å². The molecule has 1 aliphatic heterocycles. The fourth-order valence-corrected chi connectivity index (χ4v) is 2.59. The van der Waals surface area contributed by atoms with E-state index in [1.807, 2.05) is 35.2 Å². The second-order valence-corrected chi connectivity index (χ2v) is 5.42. The third kappa shape index (κ3) is 4.86. The molecule has 1 unspecified atom stereocenters. The number of benzene rings is 1. The number of nitrogens with one attached hydrogen (secondary N) is 1. The molecule has 1 fully saturated rings. The van der Waals surface area contributed by atoms with Gasteiger partial charge < -0.3 is 16.0 Å². The molecule has 0 saturated carbocycles. The molecule has 2 rings (SSSR count). The molecular weight excluding hydrogens is 266 g/mol. The monoisotopic (exact) mass is 289 g/mol. The van der Waals surface area contributed by atoms with E-state index in [4.69, 9.17) is 5.73 Å². The van der Waals surface area contributed by atoms with E-state index in [0.717, 1.165) is 19.4 Å². The standard InChI is InChI=1S/C16H23N3O2/c17-10-8-15(20)18-14-9-11-19(12-14)16(21)7-6-13-4-2-1-3-5-13/h1-5,14H,6-12,17H2,(H,18,20). The Balaban J connectivity index is 1.73. The van der Waals surface area contributed by atoms with Crippen LogP contribution in [0.15, 0.2) is 30.3 Å². The van der Waals surface area contributed by atoms with Crippen LogP contribution in [0.2, 0.25) is 0 Å². The van der Waals surface area contributed by atoms with Gasteiger partial charge in [0.25, 0.3) is 0 Å². The number of aryl methyl sites for hydroxylation is 1. The Morgan fingerprint density at radius 3 is 2.71 bits per heavy atom. The van der Waals surface area contributed by atoms with Crippen molar-refractivity contribution < 1.29 is 9.59 Å². The van der Waals surface area contributed by atoms with Crippen LogP contribution in [-0.4, -0.2) is 42.4 Å². The number of rotatable bonds is 6. The Morgan fingerprint density at radius 1 is 1.24 bits per heavy atom. The van der Waals surface area contributed by atoms with E-state index in [9.17, 15) is 9.59 Å². The van der Waals surface area contributed by atoms with Gasteiger partial charge in [-0.05, 0) is 18.4 Å². The Kier molecular flexibility index (Phi) is 5.75. The molecular formula is C16H23N3O2. The van der Waals surface area contributed by atoms with Crippen LogP contribution in [0.5, 0.6) is 0 Å². The van der Waals surface area contributed by atoms with Crippen molar-refractivity contribution in [3.8, 4) is 0 Å². The van der Waals surface area contributed by atoms with Gasteiger partial charge in [0.1, 0.15) is 0 Å². The third-order valence-electron chi connectivity index (χ3n) is 3.75. The summed E-state index contributed by atoms with van der Waals surface area (Å²) in [5.74, 6) is 0.135. The predicted octanol–water partition coefficient (Wildman–Crippen LogP) is 0.685. The summed E-state index contributed by atoms with van der Waals surface area (Å²) in [7, 11) is 0. The van der Waals surface area contributed by atoms with Gasteiger partial charge in [0.15, 0.2) is 0 Å². The Morgan fingerprint density at radius 2 is 2.00 bits per heavy atom. The molecule has 2 amide bonds. The van der Waals surface area contributed by atoms with Crippen molar-refractivity contribution >= 4 is 11.8 Å². The lowest BCUT2D eigenvalue weighted by Crippen LogP contribution is -2.39. The Labute approximate surface area is 125 Å². The summed E-state index contributed by atoms with van der Waals surface area (Å²) in [5.41, 5.74) is 6.53. The lowest BCUT2D eigenvalue weighted by Gasteiger charge is -2.17. The lowest BCUT2D eigenvalue weighted by molar-refractivity contribution is -0.130. The van der Waals surface area contributed by atoms with Gasteiger partial charge in [-0.3, -0.25) is 9.59 Å². The number of hydrogen-bond acceptors (Lipinski definition) is 3. The fraction of sp³-hybridized carbons (Fsp3) is 0.500. The first-order valence-corrected chi connectivity index (χ1v) is 7.50. The molecule has 5 heteroatoms. The molecule has 114 valence electrons. The summed E-state index contributed by atoms with van der Waals surface area (Å²) < 4.78 is 0. The van der Waals surface area contributed by atoms with Crippen molar-refractivity contribution in [3.63, 3.8) is 0 Å². The molecule has 1 heterocycles. The minimum atomic E-state index is -0.0268. The van der Waals surface area contributed by atoms with Crippen molar-refractivity contribution in [1.29, 1.82) is 0 Å². The maximum Gasteiger partial charge on any atom is 0.222 e. The molecule has 0 bridgehead atoms. The summed E-state index contributed by atoms with van der Waals surface area (Å²) in [6.07, 6.45) is 2.46. The number of likely N-dealkylation sites (tertiary alicyclic amines) is 1. The van der Waals surface area contributed by atoms with E-state index in [1.165, 1.54) is 5.56 Å². The Bertz CT molecular complexity index is 476. The van der Waals surface area contributed by atoms with Gasteiger partial charge in [0.2, 0.25) is 11.8 Å². The van der Waals surface area contributed by atoms with Crippen molar-refractivity contribution in [1.82, 2.24) is 10.2 Å². The zero-order valence-corrected chi connectivity index (χ0v) is 12.3. The normalized spacial score (nSPS) is 17.8. The zero-order valence-electron chi connectivity index (χ0n) is 12.3. The summed E-state index contributed by atoms with van der Waals surface area (Å²) in [5, 5.41) is 2.93. The van der Waals surface area contributed by atoms with Gasteiger partial charge in [0, 0.05) is 38.5 Å². The SMILES string of the molecule is NCCC(=O)NC1CCN(C(=O)CCc2ccccc2)C1. The molecule has 0 aromatic heterocycles. The van der Waals surface area contributed by atoms with Crippen LogP contribution in [-0.2, 0) is 16.0 Å². The van der Waals surface area contributed by atoms with Crippen LogP contribution in [0.4, 0.5) is 0 Å². The van der Waals surface area contributed by atoms with Crippen LogP contribution in [0.3, 0.4) is 0 Å². The van der Waals surface area contributed by atoms with E-state index in [0.29, 0.717) is 25.9 Å². The molecule has 21 heavy (non-hydrogen) atoms. The summed E-state index contributed by atoms with van der Waals surface area (Å²) in [6.45, 7) is 1.70. The largest absolute Gasteiger partial charge is 0.351 e. The summed E-state index contributed by atoms with van der Waals surface area (Å²) in [6, 6.07) is 10.1. The minimum absolute atomic E-state index is 0.0268. The molecule has 1 aliphatic rings. The average molecular weight is 289 g/mol. The van der Waals surface area contributed by atoms with Gasteiger partial charge in [-0.2, -0.15) is 0 Å². The van der Waals surface area contributed by atoms with E-state index in [-0.39, 0.29) is 17.9 Å². The van der Waals surface area contributed by atoms with Crippen LogP contribution >= 0.6 is 0 Å². The smallest absolute Gasteiger partial charge is 0.222 e. The molecule has 1 aromatic rings. The molecule has 3 N–H and O–H groups in total. The topological polar surface area (TPSA) is 75.4 Å². The van der Waals surface area contributed by atoms with Gasteiger partial charge in [-0.1, -0.05) is 30.3 Å². The highest BCUT2D eigenvalue weighted by atomic mass is 16.2. The van der Waals surface area contributed by atoms with E-state index < -0.39 is 0 Å². The number of amides is 2. The van der Waals surface area contributed by atoms with Crippen LogP contribution < -0.4 is 11.1 Å². The molecule has 0 radical (unpaired) electrons. The zero-order chi connectivity index (χ0) is 15.1. The van der Waals surface area contributed by atoms with Crippen molar-refractivity contribution in [3.05, 3.63) is 35.9 Å². The van der Waals surface area contributed by atoms with E-state index >= 15 is 0 Å². The van der Waals surface area contributed by atoms with Crippen LogP contribution in [0.1, 0.15) is 24.8 Å². The van der Waals surface area contributed by atoms with Gasteiger partial charge >= 0.3 is 0 Å². The second kappa shape index (κ2) is 7.78.